The van der Waals surface area contributed by atoms with Gasteiger partial charge in [0.15, 0.2) is 0 Å². The maximum Gasteiger partial charge on any atom is 0.239 e. The molecule has 1 aliphatic carbocycles. The number of carbonyl (C=O) groups is 1. The van der Waals surface area contributed by atoms with Crippen LogP contribution >= 0.6 is 0 Å². The summed E-state index contributed by atoms with van der Waals surface area (Å²) < 4.78 is 0. The van der Waals surface area contributed by atoms with E-state index in [0.717, 1.165) is 12.8 Å². The second-order valence-electron chi connectivity index (χ2n) is 4.99. The van der Waals surface area contributed by atoms with Crippen molar-refractivity contribution in [3.63, 3.8) is 0 Å². The monoisotopic (exact) mass is 221 g/mol. The van der Waals surface area contributed by atoms with E-state index in [-0.39, 0.29) is 17.9 Å². The van der Waals surface area contributed by atoms with Crippen molar-refractivity contribution in [2.75, 3.05) is 13.1 Å². The van der Waals surface area contributed by atoms with Crippen LogP contribution in [0.4, 0.5) is 0 Å². The van der Waals surface area contributed by atoms with Gasteiger partial charge in [-0.25, -0.2) is 0 Å². The largest absolute Gasteiger partial charge is 0.339 e. The van der Waals surface area contributed by atoms with Crippen LogP contribution in [0.15, 0.2) is 0 Å². The molecule has 0 spiro atoms. The highest BCUT2D eigenvalue weighted by Gasteiger charge is 2.36. The summed E-state index contributed by atoms with van der Waals surface area (Å²) in [5, 5.41) is 8.65. The second-order valence-corrected chi connectivity index (χ2v) is 4.99. The minimum atomic E-state index is -0.333. The highest BCUT2D eigenvalue weighted by molar-refractivity contribution is 5.82. The van der Waals surface area contributed by atoms with Crippen LogP contribution in [0.3, 0.4) is 0 Å². The Bertz CT molecular complexity index is 298. The fourth-order valence-corrected chi connectivity index (χ4v) is 2.65. The van der Waals surface area contributed by atoms with Crippen molar-refractivity contribution in [2.45, 2.75) is 38.1 Å². The fraction of sp³-hybridized carbons (Fsp3) is 0.833. The number of likely N-dealkylation sites (tertiary alicyclic amines) is 1. The van der Waals surface area contributed by atoms with Gasteiger partial charge < -0.3 is 10.6 Å². The number of nitriles is 1. The number of carbonyl (C=O) groups excluding carboxylic acids is 1. The highest BCUT2D eigenvalue weighted by Crippen LogP contribution is 2.27. The summed E-state index contributed by atoms with van der Waals surface area (Å²) in [5.74, 6) is 0.447. The van der Waals surface area contributed by atoms with Crippen LogP contribution in [0.1, 0.15) is 32.1 Å². The van der Waals surface area contributed by atoms with Crippen molar-refractivity contribution in [3.05, 3.63) is 0 Å². The molecule has 0 bridgehead atoms. The first-order valence-electron chi connectivity index (χ1n) is 6.16. The van der Waals surface area contributed by atoms with Crippen LogP contribution in [0.2, 0.25) is 0 Å². The van der Waals surface area contributed by atoms with Gasteiger partial charge in [0.2, 0.25) is 5.91 Å². The summed E-state index contributed by atoms with van der Waals surface area (Å²) in [4.78, 5) is 13.7. The smallest absolute Gasteiger partial charge is 0.239 e. The highest BCUT2D eigenvalue weighted by atomic mass is 16.2. The third-order valence-corrected chi connectivity index (χ3v) is 3.82. The summed E-state index contributed by atoms with van der Waals surface area (Å²) in [6, 6.07) is 1.84. The van der Waals surface area contributed by atoms with Crippen LogP contribution in [-0.4, -0.2) is 29.9 Å². The van der Waals surface area contributed by atoms with Gasteiger partial charge in [-0.05, 0) is 18.8 Å². The summed E-state index contributed by atoms with van der Waals surface area (Å²) in [6.45, 7) is 1.16. The molecular weight excluding hydrogens is 202 g/mol. The Balaban J connectivity index is 1.83. The van der Waals surface area contributed by atoms with E-state index in [2.05, 4.69) is 6.07 Å². The standard InChI is InChI=1S/C12H19N3O/c13-6-9-7-15(8-9)12(16)11(14)10-4-2-1-3-5-10/h9-11H,1-5,7-8,14H2/t11-/m1/s1. The Labute approximate surface area is 96.4 Å². The summed E-state index contributed by atoms with van der Waals surface area (Å²) in [7, 11) is 0. The van der Waals surface area contributed by atoms with Gasteiger partial charge in [0, 0.05) is 13.1 Å². The quantitative estimate of drug-likeness (QED) is 0.752. The zero-order valence-electron chi connectivity index (χ0n) is 9.56. The zero-order valence-corrected chi connectivity index (χ0v) is 9.56. The molecule has 0 unspecified atom stereocenters. The molecule has 0 aromatic heterocycles. The van der Waals surface area contributed by atoms with Gasteiger partial charge in [-0.3, -0.25) is 4.79 Å². The minimum Gasteiger partial charge on any atom is -0.339 e. The van der Waals surface area contributed by atoms with Gasteiger partial charge >= 0.3 is 0 Å². The van der Waals surface area contributed by atoms with Gasteiger partial charge in [-0.1, -0.05) is 19.3 Å². The average Bonchev–Trinajstić information content (AvgIpc) is 2.27. The van der Waals surface area contributed by atoms with E-state index in [1.807, 2.05) is 0 Å². The van der Waals surface area contributed by atoms with Crippen molar-refractivity contribution in [3.8, 4) is 6.07 Å². The molecule has 16 heavy (non-hydrogen) atoms. The molecule has 1 atom stereocenters. The van der Waals surface area contributed by atoms with Crippen LogP contribution in [-0.2, 0) is 4.79 Å². The topological polar surface area (TPSA) is 70.1 Å². The fourth-order valence-electron chi connectivity index (χ4n) is 2.65. The first-order chi connectivity index (χ1) is 7.72. The Morgan fingerprint density at radius 1 is 1.31 bits per heavy atom. The van der Waals surface area contributed by atoms with E-state index >= 15 is 0 Å². The van der Waals surface area contributed by atoms with E-state index in [0.29, 0.717) is 19.0 Å². The van der Waals surface area contributed by atoms with Gasteiger partial charge in [-0.2, -0.15) is 5.26 Å². The molecule has 4 nitrogen and oxygen atoms in total. The maximum atomic E-state index is 12.0. The van der Waals surface area contributed by atoms with E-state index in [9.17, 15) is 4.79 Å². The number of nitrogens with two attached hydrogens (primary N) is 1. The Morgan fingerprint density at radius 3 is 2.50 bits per heavy atom. The molecule has 2 aliphatic rings. The number of rotatable bonds is 2. The lowest BCUT2D eigenvalue weighted by molar-refractivity contribution is -0.139. The summed E-state index contributed by atoms with van der Waals surface area (Å²) in [6.07, 6.45) is 5.85. The van der Waals surface area contributed by atoms with E-state index < -0.39 is 0 Å². The molecule has 2 fully saturated rings. The molecule has 1 heterocycles. The molecule has 1 aliphatic heterocycles. The second kappa shape index (κ2) is 4.84. The van der Waals surface area contributed by atoms with Crippen LogP contribution in [0.5, 0.6) is 0 Å². The van der Waals surface area contributed by atoms with Crippen LogP contribution < -0.4 is 5.73 Å². The number of nitrogens with zero attached hydrogens (tertiary/aromatic N) is 2. The lowest BCUT2D eigenvalue weighted by Crippen LogP contribution is -2.56. The van der Waals surface area contributed by atoms with Crippen LogP contribution in [0.25, 0.3) is 0 Å². The number of hydrogen-bond acceptors (Lipinski definition) is 3. The molecule has 1 saturated carbocycles. The summed E-state index contributed by atoms with van der Waals surface area (Å²) >= 11 is 0. The van der Waals surface area contributed by atoms with Crippen molar-refractivity contribution in [1.29, 1.82) is 5.26 Å². The van der Waals surface area contributed by atoms with Gasteiger partial charge in [0.1, 0.15) is 0 Å². The molecule has 0 radical (unpaired) electrons. The van der Waals surface area contributed by atoms with Gasteiger partial charge in [0.25, 0.3) is 0 Å². The Morgan fingerprint density at radius 2 is 1.94 bits per heavy atom. The lowest BCUT2D eigenvalue weighted by Gasteiger charge is -2.39. The zero-order chi connectivity index (χ0) is 11.5. The average molecular weight is 221 g/mol. The predicted octanol–water partition coefficient (Wildman–Crippen LogP) is 0.876. The predicted molar refractivity (Wildman–Crippen MR) is 60.2 cm³/mol. The van der Waals surface area contributed by atoms with Crippen molar-refractivity contribution in [2.24, 2.45) is 17.6 Å². The molecule has 0 aromatic carbocycles. The number of amides is 1. The molecule has 2 rings (SSSR count). The minimum absolute atomic E-state index is 0.0301. The van der Waals surface area contributed by atoms with Gasteiger partial charge in [-0.15, -0.1) is 0 Å². The van der Waals surface area contributed by atoms with E-state index in [4.69, 9.17) is 11.0 Å². The van der Waals surface area contributed by atoms with Crippen molar-refractivity contribution in [1.82, 2.24) is 4.90 Å². The van der Waals surface area contributed by atoms with Gasteiger partial charge in [0.05, 0.1) is 18.0 Å². The molecule has 1 amide bonds. The SMILES string of the molecule is N#CC1CN(C(=O)[C@H](N)C2CCCCC2)C1. The first kappa shape index (κ1) is 11.4. The maximum absolute atomic E-state index is 12.0. The summed E-state index contributed by atoms with van der Waals surface area (Å²) in [5.41, 5.74) is 6.02. The normalized spacial score (nSPS) is 24.6. The van der Waals surface area contributed by atoms with E-state index in [1.54, 1.807) is 4.90 Å². The Hall–Kier alpha value is -1.08. The molecule has 88 valence electrons. The number of hydrogen-bond donors (Lipinski definition) is 1. The third-order valence-electron chi connectivity index (χ3n) is 3.82. The van der Waals surface area contributed by atoms with E-state index in [1.165, 1.54) is 19.3 Å². The van der Waals surface area contributed by atoms with Crippen molar-refractivity contribution < 1.29 is 4.79 Å². The molecular formula is C12H19N3O. The molecule has 4 heteroatoms. The lowest BCUT2D eigenvalue weighted by atomic mass is 9.83. The Kier molecular flexibility index (Phi) is 3.45. The third kappa shape index (κ3) is 2.19. The first-order valence-corrected chi connectivity index (χ1v) is 6.16. The molecule has 2 N–H and O–H groups in total. The van der Waals surface area contributed by atoms with Crippen LogP contribution in [0, 0.1) is 23.2 Å². The van der Waals surface area contributed by atoms with Crippen molar-refractivity contribution >= 4 is 5.91 Å². The molecule has 1 saturated heterocycles. The molecule has 0 aromatic rings.